The van der Waals surface area contributed by atoms with E-state index in [2.05, 4.69) is 39.5 Å². The van der Waals surface area contributed by atoms with Gasteiger partial charge in [0.05, 0.1) is 17.4 Å². The van der Waals surface area contributed by atoms with E-state index in [4.69, 9.17) is 0 Å². The molecule has 1 N–H and O–H groups in total. The van der Waals surface area contributed by atoms with Crippen LogP contribution in [0.2, 0.25) is 0 Å². The molecule has 136 valence electrons. The number of nitrogens with zero attached hydrogens (tertiary/aromatic N) is 2. The Hall–Kier alpha value is -3.14. The van der Waals surface area contributed by atoms with Crippen LogP contribution in [-0.4, -0.2) is 17.4 Å². The Bertz CT molecular complexity index is 976. The monoisotopic (exact) mass is 357 g/mol. The van der Waals surface area contributed by atoms with Gasteiger partial charge in [-0.15, -0.1) is 0 Å². The van der Waals surface area contributed by atoms with Crippen molar-refractivity contribution in [2.75, 3.05) is 16.8 Å². The number of fused-ring (bicyclic) bond motifs is 1. The fraction of sp³-hybridized carbons (Fsp3) is 0.217. The minimum Gasteiger partial charge on any atom is -0.340 e. The first-order chi connectivity index (χ1) is 13.1. The Morgan fingerprint density at radius 1 is 1.04 bits per heavy atom. The van der Waals surface area contributed by atoms with Crippen molar-refractivity contribution in [3.8, 4) is 0 Å². The van der Waals surface area contributed by atoms with Crippen LogP contribution in [0, 0.1) is 13.8 Å². The lowest BCUT2D eigenvalue weighted by atomic mass is 10.0. The fourth-order valence-corrected chi connectivity index (χ4v) is 3.70. The van der Waals surface area contributed by atoms with Crippen LogP contribution in [0.15, 0.2) is 60.9 Å². The number of aromatic nitrogens is 1. The van der Waals surface area contributed by atoms with Crippen LogP contribution in [0.1, 0.15) is 33.5 Å². The molecule has 0 saturated heterocycles. The number of nitrogens with one attached hydrogen (secondary N) is 1. The van der Waals surface area contributed by atoms with Gasteiger partial charge in [0.1, 0.15) is 0 Å². The summed E-state index contributed by atoms with van der Waals surface area (Å²) in [6.45, 7) is 4.94. The average Bonchev–Trinajstić information content (AvgIpc) is 2.70. The first-order valence-corrected chi connectivity index (χ1v) is 9.31. The molecule has 4 heteroatoms. The predicted octanol–water partition coefficient (Wildman–Crippen LogP) is 5.04. The minimum absolute atomic E-state index is 0.132. The van der Waals surface area contributed by atoms with Crippen LogP contribution < -0.4 is 10.2 Å². The van der Waals surface area contributed by atoms with E-state index in [9.17, 15) is 4.79 Å². The zero-order chi connectivity index (χ0) is 18.8. The molecular formula is C23H23N3O. The second-order valence-corrected chi connectivity index (χ2v) is 7.04. The molecule has 0 fully saturated rings. The number of hydrogen-bond acceptors (Lipinski definition) is 3. The lowest BCUT2D eigenvalue weighted by Crippen LogP contribution is -2.25. The van der Waals surface area contributed by atoms with Crippen LogP contribution in [0.4, 0.5) is 17.1 Å². The van der Waals surface area contributed by atoms with Gasteiger partial charge in [0, 0.05) is 24.1 Å². The number of anilines is 3. The van der Waals surface area contributed by atoms with Crippen LogP contribution in [0.3, 0.4) is 0 Å². The molecule has 4 nitrogen and oxygen atoms in total. The summed E-state index contributed by atoms with van der Waals surface area (Å²) in [5, 5.41) is 3.05. The molecule has 27 heavy (non-hydrogen) atoms. The average molecular weight is 357 g/mol. The normalized spacial score (nSPS) is 13.2. The van der Waals surface area contributed by atoms with Gasteiger partial charge in [-0.2, -0.15) is 0 Å². The molecule has 0 atom stereocenters. The Balaban J connectivity index is 1.63. The zero-order valence-electron chi connectivity index (χ0n) is 15.7. The molecule has 0 spiro atoms. The van der Waals surface area contributed by atoms with Crippen molar-refractivity contribution >= 4 is 23.0 Å². The summed E-state index contributed by atoms with van der Waals surface area (Å²) in [6.07, 6.45) is 5.64. The largest absolute Gasteiger partial charge is 0.340 e. The third-order valence-corrected chi connectivity index (χ3v) is 5.13. The summed E-state index contributed by atoms with van der Waals surface area (Å²) < 4.78 is 0. The third-order valence-electron chi connectivity index (χ3n) is 5.13. The Labute approximate surface area is 159 Å². The second kappa shape index (κ2) is 7.23. The van der Waals surface area contributed by atoms with E-state index in [0.29, 0.717) is 5.56 Å². The molecular weight excluding hydrogens is 334 g/mol. The number of pyridine rings is 1. The number of benzene rings is 2. The van der Waals surface area contributed by atoms with E-state index in [0.717, 1.165) is 41.9 Å². The number of hydrogen-bond donors (Lipinski definition) is 1. The highest BCUT2D eigenvalue weighted by molar-refractivity contribution is 6.05. The first-order valence-electron chi connectivity index (χ1n) is 9.31. The Morgan fingerprint density at radius 3 is 2.63 bits per heavy atom. The van der Waals surface area contributed by atoms with E-state index >= 15 is 0 Å². The molecule has 4 rings (SSSR count). The number of para-hydroxylation sites is 2. The van der Waals surface area contributed by atoms with Gasteiger partial charge < -0.3 is 10.2 Å². The Morgan fingerprint density at radius 2 is 1.81 bits per heavy atom. The smallest absolute Gasteiger partial charge is 0.257 e. The molecule has 2 aromatic carbocycles. The van der Waals surface area contributed by atoms with Crippen molar-refractivity contribution in [3.05, 3.63) is 83.2 Å². The van der Waals surface area contributed by atoms with E-state index in [1.807, 2.05) is 44.3 Å². The zero-order valence-corrected chi connectivity index (χ0v) is 15.7. The SMILES string of the molecule is Cc1cccc(C)c1NC(=O)c1cncc(N2CCCc3ccccc32)c1. The van der Waals surface area contributed by atoms with Gasteiger partial charge in [0.25, 0.3) is 5.91 Å². The van der Waals surface area contributed by atoms with Crippen molar-refractivity contribution in [1.29, 1.82) is 0 Å². The van der Waals surface area contributed by atoms with Crippen molar-refractivity contribution < 1.29 is 4.79 Å². The highest BCUT2D eigenvalue weighted by Gasteiger charge is 2.19. The van der Waals surface area contributed by atoms with E-state index in [1.165, 1.54) is 11.3 Å². The molecule has 0 radical (unpaired) electrons. The molecule has 0 bridgehead atoms. The number of carbonyl (C=O) groups is 1. The predicted molar refractivity (Wildman–Crippen MR) is 110 cm³/mol. The molecule has 3 aromatic rings. The van der Waals surface area contributed by atoms with Crippen molar-refractivity contribution in [2.45, 2.75) is 26.7 Å². The van der Waals surface area contributed by atoms with Crippen molar-refractivity contribution in [1.82, 2.24) is 4.98 Å². The first kappa shape index (κ1) is 17.3. The van der Waals surface area contributed by atoms with Gasteiger partial charge in [0.2, 0.25) is 0 Å². The standard InChI is InChI=1S/C23H23N3O/c1-16-7-5-8-17(2)22(16)25-23(27)19-13-20(15-24-14-19)26-12-6-10-18-9-3-4-11-21(18)26/h3-5,7-9,11,13-15H,6,10,12H2,1-2H3,(H,25,27). The van der Waals surface area contributed by atoms with Crippen LogP contribution >= 0.6 is 0 Å². The minimum atomic E-state index is -0.132. The van der Waals surface area contributed by atoms with Crippen molar-refractivity contribution in [2.24, 2.45) is 0 Å². The molecule has 0 unspecified atom stereocenters. The third kappa shape index (κ3) is 3.43. The van der Waals surface area contributed by atoms with Gasteiger partial charge in [-0.05, 0) is 55.5 Å². The lowest BCUT2D eigenvalue weighted by Gasteiger charge is -2.31. The Kier molecular flexibility index (Phi) is 4.63. The van der Waals surface area contributed by atoms with Gasteiger partial charge in [0.15, 0.2) is 0 Å². The number of rotatable bonds is 3. The highest BCUT2D eigenvalue weighted by atomic mass is 16.1. The van der Waals surface area contributed by atoms with Crippen LogP contribution in [0.25, 0.3) is 0 Å². The summed E-state index contributed by atoms with van der Waals surface area (Å²) >= 11 is 0. The lowest BCUT2D eigenvalue weighted by molar-refractivity contribution is 0.102. The summed E-state index contributed by atoms with van der Waals surface area (Å²) in [6, 6.07) is 16.4. The van der Waals surface area contributed by atoms with E-state index in [1.54, 1.807) is 6.20 Å². The van der Waals surface area contributed by atoms with Gasteiger partial charge in [-0.1, -0.05) is 36.4 Å². The maximum Gasteiger partial charge on any atom is 0.257 e. The molecule has 1 aliphatic heterocycles. The molecule has 1 aromatic heterocycles. The van der Waals surface area contributed by atoms with E-state index in [-0.39, 0.29) is 5.91 Å². The van der Waals surface area contributed by atoms with Crippen molar-refractivity contribution in [3.63, 3.8) is 0 Å². The quantitative estimate of drug-likeness (QED) is 0.715. The van der Waals surface area contributed by atoms with Crippen LogP contribution in [0.5, 0.6) is 0 Å². The van der Waals surface area contributed by atoms with Gasteiger partial charge >= 0.3 is 0 Å². The summed E-state index contributed by atoms with van der Waals surface area (Å²) in [5.41, 5.74) is 7.05. The second-order valence-electron chi connectivity index (χ2n) is 7.04. The maximum absolute atomic E-state index is 12.8. The highest BCUT2D eigenvalue weighted by Crippen LogP contribution is 2.33. The summed E-state index contributed by atoms with van der Waals surface area (Å²) in [4.78, 5) is 19.4. The van der Waals surface area contributed by atoms with Gasteiger partial charge in [-0.3, -0.25) is 9.78 Å². The number of amides is 1. The maximum atomic E-state index is 12.8. The topological polar surface area (TPSA) is 45.2 Å². The molecule has 1 aliphatic rings. The molecule has 0 aliphatic carbocycles. The summed E-state index contributed by atoms with van der Waals surface area (Å²) in [5.74, 6) is -0.132. The molecule has 1 amide bonds. The fourth-order valence-electron chi connectivity index (χ4n) is 3.70. The number of aryl methyl sites for hydroxylation is 3. The summed E-state index contributed by atoms with van der Waals surface area (Å²) in [7, 11) is 0. The number of carbonyl (C=O) groups excluding carboxylic acids is 1. The van der Waals surface area contributed by atoms with Crippen LogP contribution in [-0.2, 0) is 6.42 Å². The van der Waals surface area contributed by atoms with E-state index < -0.39 is 0 Å². The van der Waals surface area contributed by atoms with Gasteiger partial charge in [-0.25, -0.2) is 0 Å². The molecule has 0 saturated carbocycles. The molecule has 2 heterocycles.